The minimum atomic E-state index is -0.260. The van der Waals surface area contributed by atoms with Gasteiger partial charge in [0.1, 0.15) is 11.1 Å². The molecule has 0 aliphatic heterocycles. The van der Waals surface area contributed by atoms with Crippen molar-refractivity contribution in [3.05, 3.63) is 18.6 Å². The van der Waals surface area contributed by atoms with Crippen LogP contribution in [-0.4, -0.2) is 40.4 Å². The molecule has 1 heterocycles. The van der Waals surface area contributed by atoms with Crippen LogP contribution >= 0.6 is 11.8 Å². The van der Waals surface area contributed by atoms with Crippen molar-refractivity contribution in [2.24, 2.45) is 0 Å². The molecule has 0 saturated heterocycles. The van der Waals surface area contributed by atoms with Crippen molar-refractivity contribution in [2.75, 3.05) is 12.4 Å². The molecule has 6 heteroatoms. The molecule has 0 aromatic carbocycles. The first kappa shape index (κ1) is 15.9. The van der Waals surface area contributed by atoms with Crippen LogP contribution in [0.1, 0.15) is 27.2 Å². The molecule has 0 spiro atoms. The van der Waals surface area contributed by atoms with Crippen molar-refractivity contribution in [2.45, 2.75) is 44.3 Å². The smallest absolute Gasteiger partial charge is 0.323 e. The molecule has 0 radical (unpaired) electrons. The number of carbonyl (C=O) groups is 1. The Hall–Kier alpha value is -1.14. The zero-order chi connectivity index (χ0) is 14.1. The van der Waals surface area contributed by atoms with Gasteiger partial charge in [-0.1, -0.05) is 13.8 Å². The van der Waals surface area contributed by atoms with Crippen LogP contribution in [0.4, 0.5) is 0 Å². The fourth-order valence-electron chi connectivity index (χ4n) is 1.56. The lowest BCUT2D eigenvalue weighted by molar-refractivity contribution is -0.145. The normalized spacial score (nSPS) is 12.4. The molecule has 0 saturated carbocycles. The topological polar surface area (TPSA) is 64.1 Å². The maximum atomic E-state index is 11.8. The van der Waals surface area contributed by atoms with Gasteiger partial charge in [-0.2, -0.15) is 0 Å². The molecule has 0 fully saturated rings. The highest BCUT2D eigenvalue weighted by Gasteiger charge is 2.20. The Morgan fingerprint density at radius 2 is 2.26 bits per heavy atom. The zero-order valence-electron chi connectivity index (χ0n) is 11.6. The SMILES string of the molecule is CCOC(=O)C(CCSc1cnccn1)NC(C)C. The van der Waals surface area contributed by atoms with Gasteiger partial charge >= 0.3 is 5.97 Å². The molecule has 1 aromatic rings. The minimum absolute atomic E-state index is 0.184. The van der Waals surface area contributed by atoms with E-state index in [4.69, 9.17) is 4.74 Å². The summed E-state index contributed by atoms with van der Waals surface area (Å²) in [5, 5.41) is 4.10. The van der Waals surface area contributed by atoms with Gasteiger partial charge in [-0.05, 0) is 13.3 Å². The third-order valence-corrected chi connectivity index (χ3v) is 3.25. The van der Waals surface area contributed by atoms with Gasteiger partial charge in [0, 0.05) is 24.2 Å². The Balaban J connectivity index is 2.42. The number of carbonyl (C=O) groups excluding carboxylic acids is 1. The standard InChI is InChI=1S/C13H21N3O2S/c1-4-18-13(17)11(16-10(2)3)5-8-19-12-9-14-6-7-15-12/h6-7,9-11,16H,4-5,8H2,1-3H3. The Morgan fingerprint density at radius 3 is 2.84 bits per heavy atom. The molecular weight excluding hydrogens is 262 g/mol. The largest absolute Gasteiger partial charge is 0.465 e. The summed E-state index contributed by atoms with van der Waals surface area (Å²) < 4.78 is 5.07. The van der Waals surface area contributed by atoms with E-state index in [-0.39, 0.29) is 18.1 Å². The van der Waals surface area contributed by atoms with E-state index in [9.17, 15) is 4.79 Å². The molecule has 1 unspecified atom stereocenters. The maximum Gasteiger partial charge on any atom is 0.323 e. The molecule has 1 N–H and O–H groups in total. The third kappa shape index (κ3) is 6.54. The van der Waals surface area contributed by atoms with E-state index in [0.29, 0.717) is 13.0 Å². The summed E-state index contributed by atoms with van der Waals surface area (Å²) in [6, 6.07) is -0.0138. The molecule has 0 aliphatic rings. The highest BCUT2D eigenvalue weighted by molar-refractivity contribution is 7.99. The summed E-state index contributed by atoms with van der Waals surface area (Å²) in [6.45, 7) is 6.26. The van der Waals surface area contributed by atoms with Crippen LogP contribution in [0.15, 0.2) is 23.6 Å². The molecule has 0 amide bonds. The van der Waals surface area contributed by atoms with E-state index < -0.39 is 0 Å². The van der Waals surface area contributed by atoms with Crippen molar-refractivity contribution in [1.29, 1.82) is 0 Å². The third-order valence-electron chi connectivity index (χ3n) is 2.30. The monoisotopic (exact) mass is 283 g/mol. The fourth-order valence-corrected chi connectivity index (χ4v) is 2.39. The predicted molar refractivity (Wildman–Crippen MR) is 76.1 cm³/mol. The number of nitrogens with one attached hydrogen (secondary N) is 1. The van der Waals surface area contributed by atoms with Crippen molar-refractivity contribution in [1.82, 2.24) is 15.3 Å². The zero-order valence-corrected chi connectivity index (χ0v) is 12.4. The lowest BCUT2D eigenvalue weighted by Crippen LogP contribution is -2.42. The summed E-state index contributed by atoms with van der Waals surface area (Å²) in [5.74, 6) is 0.609. The molecule has 5 nitrogen and oxygen atoms in total. The Kier molecular flexibility index (Phi) is 7.43. The van der Waals surface area contributed by atoms with E-state index in [1.54, 1.807) is 30.4 Å². The van der Waals surface area contributed by atoms with Gasteiger partial charge in [-0.3, -0.25) is 9.78 Å². The second-order valence-corrected chi connectivity index (χ2v) is 5.42. The van der Waals surface area contributed by atoms with Crippen LogP contribution in [-0.2, 0) is 9.53 Å². The number of hydrogen-bond donors (Lipinski definition) is 1. The number of esters is 1. The van der Waals surface area contributed by atoms with Crippen LogP contribution < -0.4 is 5.32 Å². The Bertz CT molecular complexity index is 373. The van der Waals surface area contributed by atoms with Crippen molar-refractivity contribution in [3.63, 3.8) is 0 Å². The van der Waals surface area contributed by atoms with E-state index in [0.717, 1.165) is 10.8 Å². The molecular formula is C13H21N3O2S. The second kappa shape index (κ2) is 8.87. The Labute approximate surface area is 118 Å². The number of ether oxygens (including phenoxy) is 1. The Morgan fingerprint density at radius 1 is 1.47 bits per heavy atom. The number of rotatable bonds is 8. The van der Waals surface area contributed by atoms with Crippen LogP contribution in [0, 0.1) is 0 Å². The molecule has 0 bridgehead atoms. The van der Waals surface area contributed by atoms with Crippen LogP contribution in [0.25, 0.3) is 0 Å². The lowest BCUT2D eigenvalue weighted by atomic mass is 10.2. The van der Waals surface area contributed by atoms with Crippen molar-refractivity contribution >= 4 is 17.7 Å². The number of nitrogens with zero attached hydrogens (tertiary/aromatic N) is 2. The van der Waals surface area contributed by atoms with Gasteiger partial charge < -0.3 is 10.1 Å². The highest BCUT2D eigenvalue weighted by Crippen LogP contribution is 2.15. The summed E-state index contributed by atoms with van der Waals surface area (Å²) in [6.07, 6.45) is 5.74. The lowest BCUT2D eigenvalue weighted by Gasteiger charge is -2.19. The first-order chi connectivity index (χ1) is 9.13. The van der Waals surface area contributed by atoms with Gasteiger partial charge in [-0.15, -0.1) is 11.8 Å². The predicted octanol–water partition coefficient (Wildman–Crippen LogP) is 1.89. The average molecular weight is 283 g/mol. The molecule has 106 valence electrons. The first-order valence-corrected chi connectivity index (χ1v) is 7.43. The number of thioether (sulfide) groups is 1. The molecule has 1 atom stereocenters. The van der Waals surface area contributed by atoms with Crippen molar-refractivity contribution < 1.29 is 9.53 Å². The second-order valence-electron chi connectivity index (χ2n) is 4.31. The summed E-state index contributed by atoms with van der Waals surface area (Å²) >= 11 is 1.59. The molecule has 1 rings (SSSR count). The summed E-state index contributed by atoms with van der Waals surface area (Å²) in [4.78, 5) is 20.0. The van der Waals surface area contributed by atoms with E-state index in [1.165, 1.54) is 0 Å². The van der Waals surface area contributed by atoms with Gasteiger partial charge in [0.05, 0.1) is 12.8 Å². The van der Waals surface area contributed by atoms with Gasteiger partial charge in [-0.25, -0.2) is 4.98 Å². The minimum Gasteiger partial charge on any atom is -0.465 e. The van der Waals surface area contributed by atoms with Crippen LogP contribution in [0.2, 0.25) is 0 Å². The van der Waals surface area contributed by atoms with Crippen molar-refractivity contribution in [3.8, 4) is 0 Å². The van der Waals surface area contributed by atoms with E-state index in [2.05, 4.69) is 15.3 Å². The average Bonchev–Trinajstić information content (AvgIpc) is 2.38. The quantitative estimate of drug-likeness (QED) is 0.580. The van der Waals surface area contributed by atoms with Gasteiger partial charge in [0.2, 0.25) is 0 Å². The molecule has 19 heavy (non-hydrogen) atoms. The highest BCUT2D eigenvalue weighted by atomic mass is 32.2. The summed E-state index contributed by atoms with van der Waals surface area (Å²) in [7, 11) is 0. The van der Waals surface area contributed by atoms with Gasteiger partial charge in [0.15, 0.2) is 0 Å². The fraction of sp³-hybridized carbons (Fsp3) is 0.615. The molecule has 0 aliphatic carbocycles. The number of aromatic nitrogens is 2. The maximum absolute atomic E-state index is 11.8. The first-order valence-electron chi connectivity index (χ1n) is 6.45. The van der Waals surface area contributed by atoms with Crippen LogP contribution in [0.3, 0.4) is 0 Å². The summed E-state index contributed by atoms with van der Waals surface area (Å²) in [5.41, 5.74) is 0. The van der Waals surface area contributed by atoms with Crippen LogP contribution in [0.5, 0.6) is 0 Å². The molecule has 1 aromatic heterocycles. The van der Waals surface area contributed by atoms with E-state index in [1.807, 2.05) is 20.8 Å². The van der Waals surface area contributed by atoms with Gasteiger partial charge in [0.25, 0.3) is 0 Å². The number of hydrogen-bond acceptors (Lipinski definition) is 6. The van der Waals surface area contributed by atoms with E-state index >= 15 is 0 Å².